The molecule has 1 rings (SSSR count). The van der Waals surface area contributed by atoms with Crippen molar-refractivity contribution in [1.29, 1.82) is 0 Å². The number of amides is 2. The second-order valence-corrected chi connectivity index (χ2v) is 6.07. The molecule has 128 valence electrons. The van der Waals surface area contributed by atoms with Crippen molar-refractivity contribution in [1.82, 2.24) is 10.6 Å². The van der Waals surface area contributed by atoms with E-state index < -0.39 is 37.2 Å². The van der Waals surface area contributed by atoms with Gasteiger partial charge in [-0.15, -0.1) is 0 Å². The Morgan fingerprint density at radius 3 is 1.65 bits per heavy atom. The average molecular weight is 438 g/mol. The zero-order valence-corrected chi connectivity index (χ0v) is 14.4. The lowest BCUT2D eigenvalue weighted by atomic mass is 10.1. The summed E-state index contributed by atoms with van der Waals surface area (Å²) in [7, 11) is 0. The van der Waals surface area contributed by atoms with Gasteiger partial charge in [0.15, 0.2) is 0 Å². The summed E-state index contributed by atoms with van der Waals surface area (Å²) in [4.78, 5) is 24.0. The van der Waals surface area contributed by atoms with E-state index in [-0.39, 0.29) is 24.2 Å². The molecular weight excluding hydrogens is 419 g/mol. The molecule has 0 bridgehead atoms. The van der Waals surface area contributed by atoms with Gasteiger partial charge < -0.3 is 31.1 Å². The molecule has 9 heteroatoms. The predicted molar refractivity (Wildman–Crippen MR) is 90.0 cm³/mol. The van der Waals surface area contributed by atoms with Crippen molar-refractivity contribution < 1.29 is 30.0 Å². The van der Waals surface area contributed by atoms with Gasteiger partial charge in [-0.3, -0.25) is 9.59 Å². The molecule has 0 heterocycles. The third kappa shape index (κ3) is 6.79. The second-order valence-electron chi connectivity index (χ2n) is 4.82. The molecule has 6 N–H and O–H groups in total. The number of hydrogen-bond donors (Lipinski definition) is 6. The van der Waals surface area contributed by atoms with Gasteiger partial charge >= 0.3 is 0 Å². The number of carbonyl (C=O) groups excluding carboxylic acids is 2. The predicted octanol–water partition coefficient (Wildman–Crippen LogP) is -1.54. The van der Waals surface area contributed by atoms with Crippen LogP contribution >= 0.6 is 22.6 Å². The van der Waals surface area contributed by atoms with Gasteiger partial charge in [-0.2, -0.15) is 0 Å². The molecule has 0 aliphatic rings. The molecule has 0 saturated carbocycles. The van der Waals surface area contributed by atoms with Crippen LogP contribution in [0.1, 0.15) is 20.7 Å². The SMILES string of the molecule is O=C(NCC(O)CO)c1cc(I)cc(C(=O)NCC(O)CO)c1. The van der Waals surface area contributed by atoms with E-state index in [0.29, 0.717) is 3.57 Å². The number of aliphatic hydroxyl groups excluding tert-OH is 4. The summed E-state index contributed by atoms with van der Waals surface area (Å²) in [6, 6.07) is 4.52. The zero-order chi connectivity index (χ0) is 17.4. The van der Waals surface area contributed by atoms with E-state index in [1.807, 2.05) is 22.6 Å². The van der Waals surface area contributed by atoms with Gasteiger partial charge in [0.25, 0.3) is 11.8 Å². The van der Waals surface area contributed by atoms with E-state index in [1.165, 1.54) is 6.07 Å². The summed E-state index contributed by atoms with van der Waals surface area (Å²) in [6.07, 6.45) is -2.10. The van der Waals surface area contributed by atoms with Crippen molar-refractivity contribution in [2.24, 2.45) is 0 Å². The van der Waals surface area contributed by atoms with Gasteiger partial charge in [0.1, 0.15) is 0 Å². The van der Waals surface area contributed by atoms with E-state index in [9.17, 15) is 19.8 Å². The fraction of sp³-hybridized carbons (Fsp3) is 0.429. The Labute approximate surface area is 146 Å². The first-order valence-electron chi connectivity index (χ1n) is 6.82. The molecule has 1 aromatic rings. The van der Waals surface area contributed by atoms with Crippen LogP contribution in [-0.2, 0) is 0 Å². The molecule has 2 amide bonds. The second kappa shape index (κ2) is 9.78. The number of hydrogen-bond acceptors (Lipinski definition) is 6. The molecule has 0 aliphatic heterocycles. The van der Waals surface area contributed by atoms with Crippen LogP contribution in [0.2, 0.25) is 0 Å². The summed E-state index contributed by atoms with van der Waals surface area (Å²) in [6.45, 7) is -1.14. The van der Waals surface area contributed by atoms with Gasteiger partial charge in [-0.1, -0.05) is 0 Å². The Morgan fingerprint density at radius 2 is 1.30 bits per heavy atom. The van der Waals surface area contributed by atoms with E-state index in [2.05, 4.69) is 10.6 Å². The first-order chi connectivity index (χ1) is 10.9. The van der Waals surface area contributed by atoms with Crippen molar-refractivity contribution >= 4 is 34.4 Å². The average Bonchev–Trinajstić information content (AvgIpc) is 2.55. The van der Waals surface area contributed by atoms with Crippen LogP contribution in [0.4, 0.5) is 0 Å². The molecule has 0 aromatic heterocycles. The molecule has 1 aromatic carbocycles. The normalized spacial score (nSPS) is 13.3. The van der Waals surface area contributed by atoms with Crippen molar-refractivity contribution in [3.05, 3.63) is 32.9 Å². The maximum atomic E-state index is 12.0. The number of carbonyl (C=O) groups is 2. The van der Waals surface area contributed by atoms with Crippen LogP contribution in [-0.4, -0.2) is 70.8 Å². The summed E-state index contributed by atoms with van der Waals surface area (Å²) < 4.78 is 0.658. The summed E-state index contributed by atoms with van der Waals surface area (Å²) in [5.41, 5.74) is 0.463. The largest absolute Gasteiger partial charge is 0.394 e. The molecule has 0 spiro atoms. The fourth-order valence-corrected chi connectivity index (χ4v) is 2.28. The van der Waals surface area contributed by atoms with Crippen molar-refractivity contribution in [3.8, 4) is 0 Å². The molecule has 2 atom stereocenters. The number of nitrogens with one attached hydrogen (secondary N) is 2. The lowest BCUT2D eigenvalue weighted by Crippen LogP contribution is -2.35. The number of benzene rings is 1. The van der Waals surface area contributed by atoms with Gasteiger partial charge in [0.05, 0.1) is 25.4 Å². The molecule has 8 nitrogen and oxygen atoms in total. The maximum Gasteiger partial charge on any atom is 0.251 e. The van der Waals surface area contributed by atoms with Gasteiger partial charge in [-0.05, 0) is 40.8 Å². The fourth-order valence-electron chi connectivity index (χ4n) is 1.61. The molecule has 0 saturated heterocycles. The minimum absolute atomic E-state index is 0.106. The van der Waals surface area contributed by atoms with Gasteiger partial charge in [0, 0.05) is 27.8 Å². The van der Waals surface area contributed by atoms with E-state index in [0.717, 1.165) is 0 Å². The molecule has 0 radical (unpaired) electrons. The zero-order valence-electron chi connectivity index (χ0n) is 12.2. The standard InChI is InChI=1S/C14H19IN2O6/c15-10-2-8(13(22)16-4-11(20)6-18)1-9(3-10)14(23)17-5-12(21)7-19/h1-3,11-12,18-21H,4-7H2,(H,16,22)(H,17,23). The topological polar surface area (TPSA) is 139 Å². The highest BCUT2D eigenvalue weighted by Gasteiger charge is 2.14. The van der Waals surface area contributed by atoms with Crippen LogP contribution < -0.4 is 10.6 Å². The third-order valence-corrected chi connectivity index (χ3v) is 3.46. The Kier molecular flexibility index (Phi) is 8.41. The van der Waals surface area contributed by atoms with E-state index in [1.54, 1.807) is 12.1 Å². The molecule has 0 aliphatic carbocycles. The smallest absolute Gasteiger partial charge is 0.251 e. The monoisotopic (exact) mass is 438 g/mol. The van der Waals surface area contributed by atoms with Crippen molar-refractivity contribution in [3.63, 3.8) is 0 Å². The van der Waals surface area contributed by atoms with E-state index in [4.69, 9.17) is 10.2 Å². The number of rotatable bonds is 8. The lowest BCUT2D eigenvalue weighted by molar-refractivity contribution is 0.0800. The quantitative estimate of drug-likeness (QED) is 0.272. The van der Waals surface area contributed by atoms with Crippen LogP contribution in [0, 0.1) is 3.57 Å². The maximum absolute atomic E-state index is 12.0. The van der Waals surface area contributed by atoms with Gasteiger partial charge in [-0.25, -0.2) is 0 Å². The van der Waals surface area contributed by atoms with E-state index >= 15 is 0 Å². The summed E-state index contributed by atoms with van der Waals surface area (Å²) in [5.74, 6) is -0.971. The summed E-state index contributed by atoms with van der Waals surface area (Å²) in [5, 5.41) is 40.8. The number of halogens is 1. The lowest BCUT2D eigenvalue weighted by Gasteiger charge is -2.12. The Morgan fingerprint density at radius 1 is 0.913 bits per heavy atom. The first kappa shape index (κ1) is 19.8. The Balaban J connectivity index is 2.78. The van der Waals surface area contributed by atoms with Crippen molar-refractivity contribution in [2.75, 3.05) is 26.3 Å². The van der Waals surface area contributed by atoms with Crippen LogP contribution in [0.15, 0.2) is 18.2 Å². The Bertz CT molecular complexity index is 510. The van der Waals surface area contributed by atoms with Gasteiger partial charge in [0.2, 0.25) is 0 Å². The molecule has 2 unspecified atom stereocenters. The van der Waals surface area contributed by atoms with Crippen LogP contribution in [0.5, 0.6) is 0 Å². The van der Waals surface area contributed by atoms with Crippen LogP contribution in [0.3, 0.4) is 0 Å². The first-order valence-corrected chi connectivity index (χ1v) is 7.90. The minimum Gasteiger partial charge on any atom is -0.394 e. The minimum atomic E-state index is -1.05. The van der Waals surface area contributed by atoms with Crippen LogP contribution in [0.25, 0.3) is 0 Å². The highest BCUT2D eigenvalue weighted by Crippen LogP contribution is 2.13. The third-order valence-electron chi connectivity index (χ3n) is 2.84. The Hall–Kier alpha value is -1.27. The highest BCUT2D eigenvalue weighted by molar-refractivity contribution is 14.1. The number of aliphatic hydroxyl groups is 4. The molecule has 23 heavy (non-hydrogen) atoms. The highest BCUT2D eigenvalue weighted by atomic mass is 127. The summed E-state index contributed by atoms with van der Waals surface area (Å²) >= 11 is 1.96. The van der Waals surface area contributed by atoms with Crippen molar-refractivity contribution in [2.45, 2.75) is 12.2 Å². The molecule has 0 fully saturated rings. The molecular formula is C14H19IN2O6.